The molecule has 2 atom stereocenters. The highest BCUT2D eigenvalue weighted by atomic mass is 16.2. The summed E-state index contributed by atoms with van der Waals surface area (Å²) in [7, 11) is 1.93. The lowest BCUT2D eigenvalue weighted by atomic mass is 9.85. The molecule has 0 spiro atoms. The fraction of sp³-hybridized carbons (Fsp3) is 0.435. The molecule has 2 fully saturated rings. The van der Waals surface area contributed by atoms with E-state index in [9.17, 15) is 4.79 Å². The Kier molecular flexibility index (Phi) is 5.44. The van der Waals surface area contributed by atoms with Gasteiger partial charge in [-0.3, -0.25) is 4.79 Å². The van der Waals surface area contributed by atoms with Crippen molar-refractivity contribution in [3.63, 3.8) is 0 Å². The van der Waals surface area contributed by atoms with Gasteiger partial charge in [-0.05, 0) is 42.0 Å². The molecule has 2 heterocycles. The molecule has 4 nitrogen and oxygen atoms in total. The van der Waals surface area contributed by atoms with Crippen molar-refractivity contribution in [2.75, 3.05) is 38.5 Å². The van der Waals surface area contributed by atoms with Crippen LogP contribution in [0.3, 0.4) is 0 Å². The van der Waals surface area contributed by atoms with Gasteiger partial charge in [0.05, 0.1) is 5.92 Å². The first-order valence-electron chi connectivity index (χ1n) is 10.1. The molecule has 142 valence electrons. The number of nitrogens with one attached hydrogen (secondary N) is 2. The monoisotopic (exact) mass is 363 g/mol. The van der Waals surface area contributed by atoms with E-state index in [2.05, 4.69) is 70.1 Å². The topological polar surface area (TPSA) is 44.4 Å². The van der Waals surface area contributed by atoms with Crippen LogP contribution in [-0.4, -0.2) is 44.0 Å². The molecule has 2 aromatic carbocycles. The van der Waals surface area contributed by atoms with Crippen molar-refractivity contribution in [1.29, 1.82) is 0 Å². The lowest BCUT2D eigenvalue weighted by molar-refractivity contribution is -0.136. The van der Waals surface area contributed by atoms with E-state index in [0.717, 1.165) is 44.7 Å². The Morgan fingerprint density at radius 2 is 1.67 bits per heavy atom. The zero-order valence-electron chi connectivity index (χ0n) is 16.0. The molecule has 0 saturated carbocycles. The van der Waals surface area contributed by atoms with Gasteiger partial charge in [0, 0.05) is 44.8 Å². The van der Waals surface area contributed by atoms with Crippen LogP contribution in [0.25, 0.3) is 0 Å². The third-order valence-corrected chi connectivity index (χ3v) is 6.24. The Morgan fingerprint density at radius 3 is 2.33 bits per heavy atom. The van der Waals surface area contributed by atoms with Crippen molar-refractivity contribution in [3.8, 4) is 0 Å². The standard InChI is InChI=1S/C23H29N3O/c1-24-20-9-7-19(8-10-20)21-15-25-16-22(21)23(27)26-13-11-18(12-14-26)17-5-3-2-4-6-17/h2-10,18,21-22,24-25H,11-16H2,1H3/t21-,22+/m0/s1. The normalized spacial score (nSPS) is 23.4. The second-order valence-corrected chi connectivity index (χ2v) is 7.75. The Labute approximate surface area is 162 Å². The van der Waals surface area contributed by atoms with Gasteiger partial charge in [0.2, 0.25) is 5.91 Å². The minimum atomic E-state index is 0.0544. The Bertz CT molecular complexity index is 751. The van der Waals surface area contributed by atoms with E-state index in [1.165, 1.54) is 11.1 Å². The number of carbonyl (C=O) groups is 1. The van der Waals surface area contributed by atoms with Gasteiger partial charge in [0.25, 0.3) is 0 Å². The summed E-state index contributed by atoms with van der Waals surface area (Å²) in [4.78, 5) is 15.3. The summed E-state index contributed by atoms with van der Waals surface area (Å²) >= 11 is 0. The van der Waals surface area contributed by atoms with E-state index in [-0.39, 0.29) is 11.8 Å². The third kappa shape index (κ3) is 3.86. The van der Waals surface area contributed by atoms with Crippen LogP contribution in [0.15, 0.2) is 54.6 Å². The molecule has 2 aliphatic heterocycles. The predicted octanol–water partition coefficient (Wildman–Crippen LogP) is 3.44. The van der Waals surface area contributed by atoms with E-state index in [0.29, 0.717) is 11.8 Å². The summed E-state index contributed by atoms with van der Waals surface area (Å²) in [5, 5.41) is 6.60. The first kappa shape index (κ1) is 18.1. The molecule has 0 unspecified atom stereocenters. The second kappa shape index (κ2) is 8.13. The van der Waals surface area contributed by atoms with E-state index in [1.54, 1.807) is 0 Å². The highest BCUT2D eigenvalue weighted by molar-refractivity contribution is 5.81. The Balaban J connectivity index is 1.40. The molecule has 4 rings (SSSR count). The lowest BCUT2D eigenvalue weighted by Gasteiger charge is -2.35. The van der Waals surface area contributed by atoms with Crippen LogP contribution in [0.5, 0.6) is 0 Å². The van der Waals surface area contributed by atoms with Crippen LogP contribution in [0.4, 0.5) is 5.69 Å². The molecule has 2 saturated heterocycles. The van der Waals surface area contributed by atoms with Gasteiger partial charge in [-0.2, -0.15) is 0 Å². The van der Waals surface area contributed by atoms with Crippen molar-refractivity contribution >= 4 is 11.6 Å². The number of anilines is 1. The third-order valence-electron chi connectivity index (χ3n) is 6.24. The minimum Gasteiger partial charge on any atom is -0.388 e. The Hall–Kier alpha value is -2.33. The summed E-state index contributed by atoms with van der Waals surface area (Å²) in [6.45, 7) is 3.42. The maximum atomic E-state index is 13.2. The maximum Gasteiger partial charge on any atom is 0.227 e. The summed E-state index contributed by atoms with van der Waals surface area (Å²) in [6, 6.07) is 19.2. The summed E-state index contributed by atoms with van der Waals surface area (Å²) in [6.07, 6.45) is 2.13. The van der Waals surface area contributed by atoms with E-state index < -0.39 is 0 Å². The predicted molar refractivity (Wildman–Crippen MR) is 110 cm³/mol. The number of hydrogen-bond acceptors (Lipinski definition) is 3. The number of piperidine rings is 1. The number of rotatable bonds is 4. The van der Waals surface area contributed by atoms with E-state index in [1.807, 2.05) is 7.05 Å². The minimum absolute atomic E-state index is 0.0544. The average molecular weight is 364 g/mol. The molecule has 1 amide bonds. The van der Waals surface area contributed by atoms with Gasteiger partial charge in [0.1, 0.15) is 0 Å². The van der Waals surface area contributed by atoms with Crippen molar-refractivity contribution in [1.82, 2.24) is 10.2 Å². The molecule has 0 aromatic heterocycles. The van der Waals surface area contributed by atoms with Gasteiger partial charge in [-0.1, -0.05) is 42.5 Å². The van der Waals surface area contributed by atoms with Crippen molar-refractivity contribution in [3.05, 3.63) is 65.7 Å². The molecule has 2 aromatic rings. The Morgan fingerprint density at radius 1 is 0.963 bits per heavy atom. The van der Waals surface area contributed by atoms with Crippen LogP contribution in [-0.2, 0) is 4.79 Å². The molecule has 4 heteroatoms. The van der Waals surface area contributed by atoms with Gasteiger partial charge in [-0.15, -0.1) is 0 Å². The largest absolute Gasteiger partial charge is 0.388 e. The fourth-order valence-corrected chi connectivity index (χ4v) is 4.58. The molecule has 0 radical (unpaired) electrons. The summed E-state index contributed by atoms with van der Waals surface area (Å²) in [5.41, 5.74) is 3.78. The van der Waals surface area contributed by atoms with Crippen LogP contribution >= 0.6 is 0 Å². The number of likely N-dealkylation sites (tertiary alicyclic amines) is 1. The highest BCUT2D eigenvalue weighted by Gasteiger charge is 2.37. The van der Waals surface area contributed by atoms with Gasteiger partial charge < -0.3 is 15.5 Å². The van der Waals surface area contributed by atoms with Gasteiger partial charge >= 0.3 is 0 Å². The zero-order chi connectivity index (χ0) is 18.6. The number of carbonyl (C=O) groups excluding carboxylic acids is 1. The fourth-order valence-electron chi connectivity index (χ4n) is 4.58. The summed E-state index contributed by atoms with van der Waals surface area (Å²) in [5.74, 6) is 1.24. The van der Waals surface area contributed by atoms with Gasteiger partial charge in [0.15, 0.2) is 0 Å². The number of hydrogen-bond donors (Lipinski definition) is 2. The SMILES string of the molecule is CNc1ccc([C@@H]2CNC[C@H]2C(=O)N2CCC(c3ccccc3)CC2)cc1. The van der Waals surface area contributed by atoms with Crippen molar-refractivity contribution < 1.29 is 4.79 Å². The molecular weight excluding hydrogens is 334 g/mol. The zero-order valence-corrected chi connectivity index (χ0v) is 16.0. The molecule has 2 aliphatic rings. The molecule has 27 heavy (non-hydrogen) atoms. The van der Waals surface area contributed by atoms with E-state index in [4.69, 9.17) is 0 Å². The molecule has 0 bridgehead atoms. The quantitative estimate of drug-likeness (QED) is 0.875. The highest BCUT2D eigenvalue weighted by Crippen LogP contribution is 2.33. The first-order valence-corrected chi connectivity index (χ1v) is 10.1. The van der Waals surface area contributed by atoms with Gasteiger partial charge in [-0.25, -0.2) is 0 Å². The van der Waals surface area contributed by atoms with Crippen LogP contribution in [0.2, 0.25) is 0 Å². The second-order valence-electron chi connectivity index (χ2n) is 7.75. The number of nitrogens with zero attached hydrogens (tertiary/aromatic N) is 1. The lowest BCUT2D eigenvalue weighted by Crippen LogP contribution is -2.43. The van der Waals surface area contributed by atoms with E-state index >= 15 is 0 Å². The van der Waals surface area contributed by atoms with Crippen molar-refractivity contribution in [2.45, 2.75) is 24.7 Å². The molecule has 2 N–H and O–H groups in total. The van der Waals surface area contributed by atoms with Crippen LogP contribution in [0.1, 0.15) is 35.8 Å². The first-order chi connectivity index (χ1) is 13.3. The maximum absolute atomic E-state index is 13.2. The summed E-state index contributed by atoms with van der Waals surface area (Å²) < 4.78 is 0. The van der Waals surface area contributed by atoms with Crippen molar-refractivity contribution in [2.24, 2.45) is 5.92 Å². The number of benzene rings is 2. The smallest absolute Gasteiger partial charge is 0.227 e. The molecular formula is C23H29N3O. The van der Waals surface area contributed by atoms with Crippen LogP contribution in [0, 0.1) is 5.92 Å². The molecule has 0 aliphatic carbocycles. The number of amides is 1. The van der Waals surface area contributed by atoms with Crippen LogP contribution < -0.4 is 10.6 Å². The average Bonchev–Trinajstić information content (AvgIpc) is 3.24.